The fourth-order valence-corrected chi connectivity index (χ4v) is 3.71. The van der Waals surface area contributed by atoms with Crippen molar-refractivity contribution in [2.75, 3.05) is 11.8 Å². The van der Waals surface area contributed by atoms with E-state index in [1.165, 1.54) is 19.2 Å². The van der Waals surface area contributed by atoms with E-state index in [9.17, 15) is 8.42 Å². The molecule has 136 valence electrons. The minimum absolute atomic E-state index is 0.166. The van der Waals surface area contributed by atoms with Crippen molar-refractivity contribution >= 4 is 21.5 Å². The highest BCUT2D eigenvalue weighted by Crippen LogP contribution is 2.23. The molecule has 0 saturated carbocycles. The number of hydrogen-bond donors (Lipinski definition) is 1. The third-order valence-corrected chi connectivity index (χ3v) is 5.44. The Morgan fingerprint density at radius 2 is 1.78 bits per heavy atom. The summed E-state index contributed by atoms with van der Waals surface area (Å²) in [6, 6.07) is 15.1. The Labute approximate surface area is 156 Å². The van der Waals surface area contributed by atoms with Crippen LogP contribution in [0.4, 0.5) is 5.69 Å². The zero-order chi connectivity index (χ0) is 18.9. The second-order valence-corrected chi connectivity index (χ2v) is 7.49. The molecule has 2 heterocycles. The third kappa shape index (κ3) is 3.47. The van der Waals surface area contributed by atoms with E-state index in [1.54, 1.807) is 30.5 Å². The lowest BCUT2D eigenvalue weighted by Gasteiger charge is -2.09. The first kappa shape index (κ1) is 17.0. The van der Waals surface area contributed by atoms with Gasteiger partial charge in [0.05, 0.1) is 17.7 Å². The van der Waals surface area contributed by atoms with Crippen molar-refractivity contribution in [1.82, 2.24) is 14.4 Å². The predicted octanol–water partition coefficient (Wildman–Crippen LogP) is 3.21. The number of fused-ring (bicyclic) bond motifs is 1. The molecule has 0 bridgehead atoms. The van der Waals surface area contributed by atoms with Crippen LogP contribution in [0.5, 0.6) is 5.75 Å². The highest BCUT2D eigenvalue weighted by molar-refractivity contribution is 7.92. The lowest BCUT2D eigenvalue weighted by Crippen LogP contribution is -2.12. The summed E-state index contributed by atoms with van der Waals surface area (Å²) in [6.45, 7) is 0. The first-order valence-corrected chi connectivity index (χ1v) is 9.60. The van der Waals surface area contributed by atoms with Gasteiger partial charge in [0.1, 0.15) is 5.75 Å². The van der Waals surface area contributed by atoms with Gasteiger partial charge in [0.15, 0.2) is 0 Å². The van der Waals surface area contributed by atoms with Crippen LogP contribution < -0.4 is 9.46 Å². The van der Waals surface area contributed by atoms with Crippen LogP contribution in [-0.2, 0) is 10.0 Å². The number of anilines is 1. The molecule has 8 heteroatoms. The number of methoxy groups -OCH3 is 1. The van der Waals surface area contributed by atoms with Crippen molar-refractivity contribution in [1.29, 1.82) is 0 Å². The topological polar surface area (TPSA) is 85.6 Å². The quantitative estimate of drug-likeness (QED) is 0.575. The molecule has 0 aliphatic carbocycles. The zero-order valence-corrected chi connectivity index (χ0v) is 15.2. The molecule has 2 aromatic carbocycles. The van der Waals surface area contributed by atoms with Gasteiger partial charge in [0, 0.05) is 29.8 Å². The Balaban J connectivity index is 1.56. The van der Waals surface area contributed by atoms with Crippen molar-refractivity contribution in [3.8, 4) is 17.0 Å². The number of benzene rings is 2. The Bertz CT molecular complexity index is 1150. The summed E-state index contributed by atoms with van der Waals surface area (Å²) < 4.78 is 34.4. The van der Waals surface area contributed by atoms with Crippen molar-refractivity contribution < 1.29 is 13.2 Å². The van der Waals surface area contributed by atoms with E-state index in [2.05, 4.69) is 14.7 Å². The van der Waals surface area contributed by atoms with Crippen LogP contribution in [0.25, 0.3) is 17.0 Å². The van der Waals surface area contributed by atoms with Crippen LogP contribution in [0.3, 0.4) is 0 Å². The summed E-state index contributed by atoms with van der Waals surface area (Å²) in [5, 5.41) is 0. The monoisotopic (exact) mass is 380 g/mol. The van der Waals surface area contributed by atoms with E-state index in [0.29, 0.717) is 17.2 Å². The highest BCUT2D eigenvalue weighted by atomic mass is 32.2. The minimum Gasteiger partial charge on any atom is -0.497 e. The van der Waals surface area contributed by atoms with Crippen LogP contribution >= 0.6 is 0 Å². The average Bonchev–Trinajstić information content (AvgIpc) is 3.12. The summed E-state index contributed by atoms with van der Waals surface area (Å²) in [4.78, 5) is 8.81. The van der Waals surface area contributed by atoms with Crippen LogP contribution in [0.15, 0.2) is 78.1 Å². The van der Waals surface area contributed by atoms with Gasteiger partial charge in [-0.3, -0.25) is 9.12 Å². The third-order valence-electron chi connectivity index (χ3n) is 4.04. The smallest absolute Gasteiger partial charge is 0.261 e. The Hall–Kier alpha value is -3.39. The summed E-state index contributed by atoms with van der Waals surface area (Å²) in [6.07, 6.45) is 5.43. The largest absolute Gasteiger partial charge is 0.497 e. The fourth-order valence-electron chi connectivity index (χ4n) is 2.65. The molecule has 27 heavy (non-hydrogen) atoms. The molecule has 2 aromatic heterocycles. The molecular formula is C19H16N4O3S. The van der Waals surface area contributed by atoms with Crippen molar-refractivity contribution in [3.05, 3.63) is 73.2 Å². The van der Waals surface area contributed by atoms with E-state index < -0.39 is 10.0 Å². The molecule has 1 N–H and O–H groups in total. The van der Waals surface area contributed by atoms with Crippen LogP contribution in [0.1, 0.15) is 0 Å². The maximum Gasteiger partial charge on any atom is 0.261 e. The number of rotatable bonds is 5. The van der Waals surface area contributed by atoms with Gasteiger partial charge in [0.25, 0.3) is 10.0 Å². The van der Waals surface area contributed by atoms with E-state index >= 15 is 0 Å². The summed E-state index contributed by atoms with van der Waals surface area (Å²) in [7, 11) is -2.14. The molecular weight excluding hydrogens is 364 g/mol. The number of hydrogen-bond acceptors (Lipinski definition) is 5. The first-order chi connectivity index (χ1) is 13.0. The molecule has 0 unspecified atom stereocenters. The molecule has 0 radical (unpaired) electrons. The second-order valence-electron chi connectivity index (χ2n) is 5.81. The van der Waals surface area contributed by atoms with Gasteiger partial charge in [-0.2, -0.15) is 0 Å². The highest BCUT2D eigenvalue weighted by Gasteiger charge is 2.14. The van der Waals surface area contributed by atoms with E-state index in [4.69, 9.17) is 4.74 Å². The summed E-state index contributed by atoms with van der Waals surface area (Å²) in [5.41, 5.74) is 2.10. The van der Waals surface area contributed by atoms with Gasteiger partial charge >= 0.3 is 0 Å². The lowest BCUT2D eigenvalue weighted by atomic mass is 10.1. The molecule has 0 aliphatic heterocycles. The Kier molecular flexibility index (Phi) is 4.25. The van der Waals surface area contributed by atoms with Gasteiger partial charge in [-0.15, -0.1) is 0 Å². The standard InChI is InChI=1S/C19H16N4O3S/c1-26-16-7-9-17(10-8-16)27(24,25)22-15-5-3-14(4-6-15)18-13-23-12-2-11-20-19(23)21-18/h2-13,22H,1H3. The number of nitrogens with zero attached hydrogens (tertiary/aromatic N) is 3. The molecule has 0 saturated heterocycles. The number of imidazole rings is 1. The minimum atomic E-state index is -3.67. The van der Waals surface area contributed by atoms with Crippen LogP contribution in [0, 0.1) is 0 Å². The molecule has 4 rings (SSSR count). The molecule has 0 aliphatic rings. The van der Waals surface area contributed by atoms with Crippen molar-refractivity contribution in [2.24, 2.45) is 0 Å². The van der Waals surface area contributed by atoms with Gasteiger partial charge in [0.2, 0.25) is 5.78 Å². The normalized spacial score (nSPS) is 11.4. The van der Waals surface area contributed by atoms with E-state index in [-0.39, 0.29) is 4.90 Å². The number of aromatic nitrogens is 3. The molecule has 7 nitrogen and oxygen atoms in total. The van der Waals surface area contributed by atoms with Gasteiger partial charge in [-0.05, 0) is 42.5 Å². The van der Waals surface area contributed by atoms with E-state index in [1.807, 2.05) is 35.0 Å². The summed E-state index contributed by atoms with van der Waals surface area (Å²) >= 11 is 0. The number of sulfonamides is 1. The molecule has 0 fully saturated rings. The van der Waals surface area contributed by atoms with Gasteiger partial charge in [-0.25, -0.2) is 18.4 Å². The zero-order valence-electron chi connectivity index (χ0n) is 14.4. The van der Waals surface area contributed by atoms with Crippen LogP contribution in [0.2, 0.25) is 0 Å². The predicted molar refractivity (Wildman–Crippen MR) is 102 cm³/mol. The van der Waals surface area contributed by atoms with Crippen LogP contribution in [-0.4, -0.2) is 29.9 Å². The van der Waals surface area contributed by atoms with E-state index in [0.717, 1.165) is 11.3 Å². The molecule has 0 amide bonds. The molecule has 4 aromatic rings. The summed E-state index contributed by atoms with van der Waals surface area (Å²) in [5.74, 6) is 1.21. The number of nitrogens with one attached hydrogen (secondary N) is 1. The van der Waals surface area contributed by atoms with Crippen molar-refractivity contribution in [3.63, 3.8) is 0 Å². The lowest BCUT2D eigenvalue weighted by molar-refractivity contribution is 0.414. The molecule has 0 atom stereocenters. The second kappa shape index (κ2) is 6.73. The average molecular weight is 380 g/mol. The van der Waals surface area contributed by atoms with Gasteiger partial charge < -0.3 is 4.74 Å². The Morgan fingerprint density at radius 1 is 1.04 bits per heavy atom. The maximum absolute atomic E-state index is 12.5. The number of ether oxygens (including phenoxy) is 1. The fraction of sp³-hybridized carbons (Fsp3) is 0.0526. The SMILES string of the molecule is COc1ccc(S(=O)(=O)Nc2ccc(-c3cn4cccnc4n3)cc2)cc1. The first-order valence-electron chi connectivity index (χ1n) is 8.12. The Morgan fingerprint density at radius 3 is 2.44 bits per heavy atom. The van der Waals surface area contributed by atoms with Gasteiger partial charge in [-0.1, -0.05) is 12.1 Å². The van der Waals surface area contributed by atoms with Crippen molar-refractivity contribution in [2.45, 2.75) is 4.90 Å². The molecule has 0 spiro atoms. The maximum atomic E-state index is 12.5.